The summed E-state index contributed by atoms with van der Waals surface area (Å²) in [5.41, 5.74) is 5.88. The van der Waals surface area contributed by atoms with Crippen LogP contribution in [0.25, 0.3) is 0 Å². The predicted molar refractivity (Wildman–Crippen MR) is 97.7 cm³/mol. The first kappa shape index (κ1) is 22.2. The van der Waals surface area contributed by atoms with Gasteiger partial charge in [-0.15, -0.1) is 12.4 Å². The minimum absolute atomic E-state index is 0. The Morgan fingerprint density at radius 2 is 1.88 bits per heavy atom. The number of carbonyl (C=O) groups is 2. The van der Waals surface area contributed by atoms with Crippen molar-refractivity contribution in [2.45, 2.75) is 39.2 Å². The Balaban J connectivity index is 0.00000529. The van der Waals surface area contributed by atoms with E-state index in [4.69, 9.17) is 10.5 Å². The van der Waals surface area contributed by atoms with Gasteiger partial charge >= 0.3 is 0 Å². The molecule has 0 spiro atoms. The van der Waals surface area contributed by atoms with Gasteiger partial charge in [-0.05, 0) is 39.3 Å². The number of ether oxygens (including phenoxy) is 1. The smallest absolute Gasteiger partial charge is 0.255 e. The van der Waals surface area contributed by atoms with E-state index in [0.717, 1.165) is 0 Å². The number of amides is 2. The molecule has 0 unspecified atom stereocenters. The van der Waals surface area contributed by atoms with Crippen LogP contribution in [0.1, 0.15) is 44.0 Å². The topological polar surface area (TPSA) is 93.4 Å². The molecule has 0 aliphatic rings. The van der Waals surface area contributed by atoms with Crippen molar-refractivity contribution < 1.29 is 14.3 Å². The van der Waals surface area contributed by atoms with Gasteiger partial charge in [-0.25, -0.2) is 0 Å². The lowest BCUT2D eigenvalue weighted by atomic mass is 10.1. The monoisotopic (exact) mass is 357 g/mol. The molecule has 0 aliphatic heterocycles. The van der Waals surface area contributed by atoms with Gasteiger partial charge in [0.15, 0.2) is 0 Å². The standard InChI is InChI=1S/C17H27N3O3.ClH/c1-4-23-14-9-6-5-8-13(14)16(22)19-11-7-10-15(21)20-12-17(2,3)18;/h5-6,8-9H,4,7,10-12,18H2,1-3H3,(H,19,22)(H,20,21);1H. The van der Waals surface area contributed by atoms with Crippen molar-refractivity contribution >= 4 is 24.2 Å². The van der Waals surface area contributed by atoms with Crippen LogP contribution in [-0.4, -0.2) is 37.0 Å². The third kappa shape index (κ3) is 8.74. The highest BCUT2D eigenvalue weighted by atomic mass is 35.5. The van der Waals surface area contributed by atoms with Gasteiger partial charge in [0.2, 0.25) is 5.91 Å². The van der Waals surface area contributed by atoms with Crippen molar-refractivity contribution in [1.82, 2.24) is 10.6 Å². The number of carbonyl (C=O) groups excluding carboxylic acids is 2. The largest absolute Gasteiger partial charge is 0.493 e. The van der Waals surface area contributed by atoms with Crippen LogP contribution < -0.4 is 21.1 Å². The Hall–Kier alpha value is -1.79. The van der Waals surface area contributed by atoms with Crippen LogP contribution in [0.2, 0.25) is 0 Å². The number of benzene rings is 1. The lowest BCUT2D eigenvalue weighted by Crippen LogP contribution is -2.45. The van der Waals surface area contributed by atoms with Crippen molar-refractivity contribution in [3.63, 3.8) is 0 Å². The molecule has 4 N–H and O–H groups in total. The number of rotatable bonds is 9. The predicted octanol–water partition coefficient (Wildman–Crippen LogP) is 1.87. The molecule has 7 heteroatoms. The second kappa shape index (κ2) is 10.9. The van der Waals surface area contributed by atoms with E-state index in [0.29, 0.717) is 43.9 Å². The van der Waals surface area contributed by atoms with Crippen LogP contribution in [0.3, 0.4) is 0 Å². The van der Waals surface area contributed by atoms with Gasteiger partial charge in [0.05, 0.1) is 12.2 Å². The fourth-order valence-corrected chi connectivity index (χ4v) is 1.90. The van der Waals surface area contributed by atoms with Crippen LogP contribution in [0, 0.1) is 0 Å². The van der Waals surface area contributed by atoms with Crippen molar-refractivity contribution in [3.8, 4) is 5.75 Å². The fraction of sp³-hybridized carbons (Fsp3) is 0.529. The molecule has 2 amide bonds. The molecule has 1 rings (SSSR count). The summed E-state index contributed by atoms with van der Waals surface area (Å²) in [6.45, 7) is 6.93. The number of hydrogen-bond acceptors (Lipinski definition) is 4. The van der Waals surface area contributed by atoms with E-state index >= 15 is 0 Å². The van der Waals surface area contributed by atoms with Crippen molar-refractivity contribution in [3.05, 3.63) is 29.8 Å². The molecule has 24 heavy (non-hydrogen) atoms. The zero-order valence-corrected chi connectivity index (χ0v) is 15.4. The van der Waals surface area contributed by atoms with E-state index in [2.05, 4.69) is 10.6 Å². The molecule has 136 valence electrons. The second-order valence-electron chi connectivity index (χ2n) is 6.05. The highest BCUT2D eigenvalue weighted by Gasteiger charge is 2.13. The molecule has 0 saturated heterocycles. The van der Waals surface area contributed by atoms with Gasteiger partial charge < -0.3 is 21.1 Å². The summed E-state index contributed by atoms with van der Waals surface area (Å²) in [6.07, 6.45) is 0.919. The summed E-state index contributed by atoms with van der Waals surface area (Å²) in [7, 11) is 0. The van der Waals surface area contributed by atoms with Crippen LogP contribution in [0.15, 0.2) is 24.3 Å². The van der Waals surface area contributed by atoms with Gasteiger partial charge in [0.25, 0.3) is 5.91 Å². The first-order valence-corrected chi connectivity index (χ1v) is 7.89. The first-order valence-electron chi connectivity index (χ1n) is 7.89. The van der Waals surface area contributed by atoms with Gasteiger partial charge in [0, 0.05) is 25.0 Å². The van der Waals surface area contributed by atoms with Crippen LogP contribution >= 0.6 is 12.4 Å². The van der Waals surface area contributed by atoms with E-state index in [1.165, 1.54) is 0 Å². The molecule has 0 fully saturated rings. The van der Waals surface area contributed by atoms with E-state index in [1.807, 2.05) is 26.8 Å². The Morgan fingerprint density at radius 1 is 1.21 bits per heavy atom. The van der Waals surface area contributed by atoms with E-state index < -0.39 is 5.54 Å². The number of halogens is 1. The summed E-state index contributed by atoms with van der Waals surface area (Å²) in [5, 5.41) is 5.57. The van der Waals surface area contributed by atoms with Crippen molar-refractivity contribution in [2.75, 3.05) is 19.7 Å². The molecule has 0 heterocycles. The average Bonchev–Trinajstić information content (AvgIpc) is 2.49. The lowest BCUT2D eigenvalue weighted by Gasteiger charge is -2.18. The average molecular weight is 358 g/mol. The van der Waals surface area contributed by atoms with Crippen molar-refractivity contribution in [1.29, 1.82) is 0 Å². The summed E-state index contributed by atoms with van der Waals surface area (Å²) >= 11 is 0. The number of nitrogens with one attached hydrogen (secondary N) is 2. The van der Waals surface area contributed by atoms with Gasteiger partial charge in [-0.2, -0.15) is 0 Å². The van der Waals surface area contributed by atoms with E-state index in [-0.39, 0.29) is 24.2 Å². The molecule has 0 atom stereocenters. The van der Waals surface area contributed by atoms with Gasteiger partial charge in [-0.1, -0.05) is 12.1 Å². The molecule has 6 nitrogen and oxygen atoms in total. The molecule has 0 saturated carbocycles. The maximum Gasteiger partial charge on any atom is 0.255 e. The Bertz CT molecular complexity index is 530. The highest BCUT2D eigenvalue weighted by molar-refractivity contribution is 5.96. The number of nitrogens with two attached hydrogens (primary N) is 1. The SMILES string of the molecule is CCOc1ccccc1C(=O)NCCCC(=O)NCC(C)(C)N.Cl. The zero-order chi connectivity index (χ0) is 17.3. The fourth-order valence-electron chi connectivity index (χ4n) is 1.90. The Labute approximate surface area is 149 Å². The molecule has 1 aromatic carbocycles. The molecule has 0 radical (unpaired) electrons. The molecule has 0 aromatic heterocycles. The number of hydrogen-bond donors (Lipinski definition) is 3. The molecular weight excluding hydrogens is 330 g/mol. The minimum atomic E-state index is -0.424. The molecule has 0 bridgehead atoms. The van der Waals surface area contributed by atoms with Gasteiger partial charge in [-0.3, -0.25) is 9.59 Å². The molecule has 1 aromatic rings. The third-order valence-corrected chi connectivity index (χ3v) is 3.04. The Morgan fingerprint density at radius 3 is 2.50 bits per heavy atom. The van der Waals surface area contributed by atoms with Crippen LogP contribution in [0.4, 0.5) is 0 Å². The van der Waals surface area contributed by atoms with E-state index in [1.54, 1.807) is 18.2 Å². The summed E-state index contributed by atoms with van der Waals surface area (Å²) in [5.74, 6) is 0.306. The maximum atomic E-state index is 12.1. The minimum Gasteiger partial charge on any atom is -0.493 e. The normalized spacial score (nSPS) is 10.5. The first-order chi connectivity index (χ1) is 10.8. The van der Waals surface area contributed by atoms with E-state index in [9.17, 15) is 9.59 Å². The molecular formula is C17H28ClN3O3. The summed E-state index contributed by atoms with van der Waals surface area (Å²) in [6, 6.07) is 7.10. The highest BCUT2D eigenvalue weighted by Crippen LogP contribution is 2.17. The third-order valence-electron chi connectivity index (χ3n) is 3.04. The van der Waals surface area contributed by atoms with Crippen molar-refractivity contribution in [2.24, 2.45) is 5.73 Å². The molecule has 0 aliphatic carbocycles. The summed E-state index contributed by atoms with van der Waals surface area (Å²) < 4.78 is 5.43. The lowest BCUT2D eigenvalue weighted by molar-refractivity contribution is -0.121. The summed E-state index contributed by atoms with van der Waals surface area (Å²) in [4.78, 5) is 23.8. The zero-order valence-electron chi connectivity index (χ0n) is 14.6. The maximum absolute atomic E-state index is 12.1. The number of para-hydroxylation sites is 1. The Kier molecular flexibility index (Phi) is 10.1. The van der Waals surface area contributed by atoms with Crippen LogP contribution in [0.5, 0.6) is 5.75 Å². The quantitative estimate of drug-likeness (QED) is 0.588. The second-order valence-corrected chi connectivity index (χ2v) is 6.05. The van der Waals surface area contributed by atoms with Crippen LogP contribution in [-0.2, 0) is 4.79 Å². The van der Waals surface area contributed by atoms with Gasteiger partial charge in [0.1, 0.15) is 5.75 Å².